The second-order valence-electron chi connectivity index (χ2n) is 14.4. The molecule has 3 N–H and O–H groups in total. The summed E-state index contributed by atoms with van der Waals surface area (Å²) in [4.78, 5) is 18.6. The van der Waals surface area contributed by atoms with Crippen molar-refractivity contribution in [3.05, 3.63) is 34.9 Å². The molecule has 14 heteroatoms. The number of nitrogens with one attached hydrogen (secondary N) is 3. The lowest BCUT2D eigenvalue weighted by atomic mass is 9.58. The first kappa shape index (κ1) is 30.1. The van der Waals surface area contributed by atoms with E-state index in [9.17, 15) is 4.39 Å². The van der Waals surface area contributed by atoms with Crippen LogP contribution in [0.2, 0.25) is 5.02 Å². The summed E-state index contributed by atoms with van der Waals surface area (Å²) in [7, 11) is 0. The molecule has 1 saturated carbocycles. The van der Waals surface area contributed by atoms with Crippen molar-refractivity contribution in [2.75, 3.05) is 37.7 Å². The Morgan fingerprint density at radius 1 is 1.08 bits per heavy atom. The van der Waals surface area contributed by atoms with Crippen LogP contribution in [0.4, 0.5) is 14.6 Å². The predicted molar refractivity (Wildman–Crippen MR) is 177 cm³/mol. The minimum atomic E-state index is -0.901. The lowest BCUT2D eigenvalue weighted by molar-refractivity contribution is 0.0645. The summed E-state index contributed by atoms with van der Waals surface area (Å²) in [6.07, 6.45) is 8.46. The van der Waals surface area contributed by atoms with Gasteiger partial charge < -0.3 is 14.4 Å². The van der Waals surface area contributed by atoms with Crippen molar-refractivity contribution in [1.29, 1.82) is 10.8 Å². The lowest BCUT2D eigenvalue weighted by Gasteiger charge is -2.53. The van der Waals surface area contributed by atoms with Crippen molar-refractivity contribution in [2.45, 2.75) is 69.5 Å². The van der Waals surface area contributed by atoms with Crippen molar-refractivity contribution in [2.24, 2.45) is 11.3 Å². The molecular weight excluding hydrogens is 640 g/mol. The predicted octanol–water partition coefficient (Wildman–Crippen LogP) is 6.23. The van der Waals surface area contributed by atoms with Crippen molar-refractivity contribution in [1.82, 2.24) is 30.0 Å². The number of hydrogen-bond acceptors (Lipinski definition) is 10. The van der Waals surface area contributed by atoms with Crippen LogP contribution in [0.25, 0.3) is 33.1 Å². The highest BCUT2D eigenvalue weighted by Crippen LogP contribution is 2.53. The second kappa shape index (κ2) is 11.0. The van der Waals surface area contributed by atoms with Gasteiger partial charge in [-0.05, 0) is 68.5 Å². The molecule has 3 saturated heterocycles. The fraction of sp³-hybridized carbons (Fsp3) is 0.529. The zero-order valence-electron chi connectivity index (χ0n) is 26.4. The van der Waals surface area contributed by atoms with Crippen LogP contribution >= 0.6 is 11.6 Å². The van der Waals surface area contributed by atoms with Gasteiger partial charge in [0.25, 0.3) is 0 Å². The number of benzene rings is 1. The Kier molecular flexibility index (Phi) is 6.92. The first-order chi connectivity index (χ1) is 23.2. The molecule has 4 aromatic rings. The van der Waals surface area contributed by atoms with Crippen molar-refractivity contribution in [3.63, 3.8) is 0 Å². The summed E-state index contributed by atoms with van der Waals surface area (Å²) in [6, 6.07) is 1.80. The van der Waals surface area contributed by atoms with E-state index in [-0.39, 0.29) is 59.8 Å². The molecule has 0 radical (unpaired) electrons. The highest BCUT2D eigenvalue weighted by atomic mass is 35.5. The van der Waals surface area contributed by atoms with Gasteiger partial charge in [-0.2, -0.15) is 15.1 Å². The molecule has 7 bridgehead atoms. The Bertz CT molecular complexity index is 2000. The first-order valence-corrected chi connectivity index (χ1v) is 17.2. The van der Waals surface area contributed by atoms with Gasteiger partial charge in [0.05, 0.1) is 22.6 Å². The third-order valence-electron chi connectivity index (χ3n) is 11.4. The van der Waals surface area contributed by atoms with Crippen LogP contribution in [-0.4, -0.2) is 86.3 Å². The Morgan fingerprint density at radius 3 is 2.81 bits per heavy atom. The number of aromatic nitrogens is 5. The zero-order chi connectivity index (χ0) is 32.8. The molecule has 0 amide bonds. The number of piperidine rings is 1. The van der Waals surface area contributed by atoms with Gasteiger partial charge in [0.15, 0.2) is 17.6 Å². The minimum absolute atomic E-state index is 0.0327. The van der Waals surface area contributed by atoms with Gasteiger partial charge in [-0.3, -0.25) is 25.8 Å². The molecule has 9 heterocycles. The number of H-pyrrole nitrogens is 1. The van der Waals surface area contributed by atoms with Crippen LogP contribution in [0.1, 0.15) is 56.9 Å². The molecular formula is C34H36ClF2N9O2. The highest BCUT2D eigenvalue weighted by Gasteiger charge is 2.51. The third-order valence-corrected chi connectivity index (χ3v) is 11.8. The monoisotopic (exact) mass is 675 g/mol. The van der Waals surface area contributed by atoms with Gasteiger partial charge in [-0.15, -0.1) is 0 Å². The second-order valence-corrected chi connectivity index (χ2v) is 14.8. The van der Waals surface area contributed by atoms with Crippen LogP contribution in [0.15, 0.2) is 18.5 Å². The summed E-state index contributed by atoms with van der Waals surface area (Å²) in [5, 5.41) is 25.8. The van der Waals surface area contributed by atoms with Crippen molar-refractivity contribution >= 4 is 51.0 Å². The van der Waals surface area contributed by atoms with Crippen LogP contribution in [0.5, 0.6) is 6.01 Å². The highest BCUT2D eigenvalue weighted by molar-refractivity contribution is 6.33. The average Bonchev–Trinajstić information content (AvgIpc) is 3.75. The number of anilines is 1. The van der Waals surface area contributed by atoms with Gasteiger partial charge >= 0.3 is 6.01 Å². The number of alkyl halides is 1. The lowest BCUT2D eigenvalue weighted by Crippen LogP contribution is -2.52. The number of hydrogen-bond donors (Lipinski definition) is 3. The average molecular weight is 676 g/mol. The first-order valence-electron chi connectivity index (χ1n) is 16.8. The van der Waals surface area contributed by atoms with E-state index in [1.54, 1.807) is 18.5 Å². The van der Waals surface area contributed by atoms with E-state index >= 15 is 4.39 Å². The molecule has 11 nitrogen and oxygen atoms in total. The molecule has 11 rings (SSSR count). The van der Waals surface area contributed by atoms with E-state index in [4.69, 9.17) is 41.9 Å². The van der Waals surface area contributed by atoms with E-state index in [1.165, 1.54) is 0 Å². The molecule has 4 fully saturated rings. The summed E-state index contributed by atoms with van der Waals surface area (Å²) in [5.74, 6) is -0.0569. The topological polar surface area (TPSA) is 140 Å². The largest absolute Gasteiger partial charge is 0.461 e. The maximum Gasteiger partial charge on any atom is 0.319 e. The maximum absolute atomic E-state index is 17.1. The van der Waals surface area contributed by atoms with Gasteiger partial charge in [0.2, 0.25) is 0 Å². The summed E-state index contributed by atoms with van der Waals surface area (Å²) < 4.78 is 43.8. The number of ether oxygens (including phenoxy) is 2. The number of fused-ring (bicyclic) bond motifs is 2. The smallest absolute Gasteiger partial charge is 0.319 e. The molecule has 3 aromatic heterocycles. The van der Waals surface area contributed by atoms with E-state index in [0.717, 1.165) is 51.6 Å². The molecule has 250 valence electrons. The number of pyridine rings is 1. The van der Waals surface area contributed by atoms with E-state index in [0.29, 0.717) is 57.8 Å². The van der Waals surface area contributed by atoms with Crippen molar-refractivity contribution < 1.29 is 18.3 Å². The number of aromatic amines is 1. The Morgan fingerprint density at radius 2 is 1.94 bits per heavy atom. The van der Waals surface area contributed by atoms with Crippen LogP contribution in [0.3, 0.4) is 0 Å². The minimum Gasteiger partial charge on any atom is -0.461 e. The van der Waals surface area contributed by atoms with E-state index < -0.39 is 17.5 Å². The molecule has 2 atom stereocenters. The third kappa shape index (κ3) is 4.75. The summed E-state index contributed by atoms with van der Waals surface area (Å²) in [5.41, 5.74) is 1.36. The van der Waals surface area contributed by atoms with Crippen LogP contribution in [0, 0.1) is 28.0 Å². The standard InChI is InChI=1S/C34H36ClF2N9O2/c35-23-9-24-21(14-41-44-24)26-20(23)3-4-25(38)48-30(39)18-10-33(11-18)5-1-7-45(16-33)31-22-13-40-29(26)27(37)28(22)42-32(43-31)47-17-34-6-2-8-46(34)15-19(36)12-34/h9,13-14,18-19,38-39H,1-8,10-12,15-17H2,(H,41,44)/t18?,19-,33?,34+/m1/s1. The molecule has 7 aliphatic rings. The molecule has 1 aromatic carbocycles. The van der Waals surface area contributed by atoms with E-state index in [1.807, 2.05) is 0 Å². The maximum atomic E-state index is 17.1. The van der Waals surface area contributed by atoms with Gasteiger partial charge in [0.1, 0.15) is 29.8 Å². The molecule has 1 aliphatic carbocycles. The van der Waals surface area contributed by atoms with Gasteiger partial charge in [0, 0.05) is 60.6 Å². The molecule has 6 aliphatic heterocycles. The van der Waals surface area contributed by atoms with Gasteiger partial charge in [-0.1, -0.05) is 11.6 Å². The molecule has 0 unspecified atom stereocenters. The Balaban J connectivity index is 1.21. The van der Waals surface area contributed by atoms with Gasteiger partial charge in [-0.25, -0.2) is 8.78 Å². The normalized spacial score (nSPS) is 28.9. The SMILES string of the molecule is N=C1CCc2c(Cl)cc3[nH]ncc3c2-c2ncc3c(nc(OC[C@@]45CCCN4C[C@H](F)C5)nc3c2F)N2CCCC3(CC(C3)C(=N)O1)C2. The molecule has 1 spiro atoms. The Hall–Kier alpha value is -3.97. The Labute approximate surface area is 280 Å². The summed E-state index contributed by atoms with van der Waals surface area (Å²) >= 11 is 6.82. The number of rotatable bonds is 3. The number of nitrogens with zero attached hydrogens (tertiary/aromatic N) is 6. The van der Waals surface area contributed by atoms with Crippen LogP contribution < -0.4 is 9.64 Å². The fourth-order valence-electron chi connectivity index (χ4n) is 9.16. The number of halogens is 3. The van der Waals surface area contributed by atoms with E-state index in [2.05, 4.69) is 25.0 Å². The summed E-state index contributed by atoms with van der Waals surface area (Å²) in [6.45, 7) is 2.86. The fourth-order valence-corrected chi connectivity index (χ4v) is 9.46. The molecule has 48 heavy (non-hydrogen) atoms. The quantitative estimate of drug-likeness (QED) is 0.232. The van der Waals surface area contributed by atoms with Crippen LogP contribution in [-0.2, 0) is 11.2 Å². The zero-order valence-corrected chi connectivity index (χ0v) is 27.2. The van der Waals surface area contributed by atoms with Crippen molar-refractivity contribution in [3.8, 4) is 17.3 Å².